The minimum Gasteiger partial charge on any atom is -0.301 e. The Morgan fingerprint density at radius 2 is 1.86 bits per heavy atom. The van der Waals surface area contributed by atoms with E-state index in [9.17, 15) is 4.79 Å². The van der Waals surface area contributed by atoms with E-state index < -0.39 is 0 Å². The van der Waals surface area contributed by atoms with Crippen molar-refractivity contribution in [1.29, 1.82) is 0 Å². The molecule has 0 atom stereocenters. The van der Waals surface area contributed by atoms with E-state index in [1.807, 2.05) is 6.92 Å². The molecule has 0 bridgehead atoms. The van der Waals surface area contributed by atoms with Crippen LogP contribution in [-0.2, 0) is 13.1 Å². The van der Waals surface area contributed by atoms with Crippen molar-refractivity contribution in [2.24, 2.45) is 5.92 Å². The van der Waals surface area contributed by atoms with Gasteiger partial charge in [-0.3, -0.25) is 4.79 Å². The van der Waals surface area contributed by atoms with Crippen LogP contribution in [0.15, 0.2) is 29.3 Å². The lowest BCUT2D eigenvalue weighted by Gasteiger charge is -2.31. The summed E-state index contributed by atoms with van der Waals surface area (Å²) < 4.78 is 1.61. The molecule has 118 valence electrons. The number of rotatable bonds is 5. The van der Waals surface area contributed by atoms with Crippen molar-refractivity contribution in [1.82, 2.24) is 29.7 Å². The number of hydrogen-bond donors (Lipinski definition) is 0. The van der Waals surface area contributed by atoms with Crippen LogP contribution in [-0.4, -0.2) is 49.3 Å². The summed E-state index contributed by atoms with van der Waals surface area (Å²) in [5.41, 5.74) is 0.890. The molecule has 3 heterocycles. The van der Waals surface area contributed by atoms with E-state index in [0.29, 0.717) is 5.92 Å². The van der Waals surface area contributed by atoms with Crippen molar-refractivity contribution in [3.8, 4) is 0 Å². The number of hydrogen-bond acceptors (Lipinski definition) is 5. The highest BCUT2D eigenvalue weighted by Gasteiger charge is 2.20. The Bertz CT molecular complexity index is 642. The Hall–Kier alpha value is -2.02. The molecule has 1 aliphatic rings. The fourth-order valence-corrected chi connectivity index (χ4v) is 2.91. The maximum Gasteiger partial charge on any atom is 0.266 e. The summed E-state index contributed by atoms with van der Waals surface area (Å²) in [6.07, 6.45) is 5.63. The predicted molar refractivity (Wildman–Crippen MR) is 82.4 cm³/mol. The van der Waals surface area contributed by atoms with Gasteiger partial charge in [0.15, 0.2) is 0 Å². The smallest absolute Gasteiger partial charge is 0.266 e. The average molecular weight is 302 g/mol. The molecule has 2 aromatic heterocycles. The SMILES string of the molecule is Cc1ccc(=O)n(CC2CCN(CCn3nccn3)CC2)n1. The Kier molecular flexibility index (Phi) is 4.62. The standard InChI is InChI=1S/C15H22N6O/c1-13-2-3-15(22)20(18-13)12-14-4-8-19(9-5-14)10-11-21-16-6-7-17-21/h2-3,6-7,14H,4-5,8-12H2,1H3. The molecule has 7 heteroatoms. The van der Waals surface area contributed by atoms with Gasteiger partial charge in [0.25, 0.3) is 5.56 Å². The molecule has 22 heavy (non-hydrogen) atoms. The molecule has 0 saturated carbocycles. The molecule has 0 spiro atoms. The molecule has 0 unspecified atom stereocenters. The lowest BCUT2D eigenvalue weighted by atomic mass is 9.97. The van der Waals surface area contributed by atoms with E-state index in [-0.39, 0.29) is 5.56 Å². The highest BCUT2D eigenvalue weighted by molar-refractivity contribution is 4.97. The quantitative estimate of drug-likeness (QED) is 0.807. The first-order valence-corrected chi connectivity index (χ1v) is 7.82. The van der Waals surface area contributed by atoms with Crippen molar-refractivity contribution < 1.29 is 0 Å². The van der Waals surface area contributed by atoms with Crippen molar-refractivity contribution in [3.05, 3.63) is 40.6 Å². The van der Waals surface area contributed by atoms with Crippen LogP contribution in [0.25, 0.3) is 0 Å². The number of likely N-dealkylation sites (tertiary alicyclic amines) is 1. The van der Waals surface area contributed by atoms with Crippen molar-refractivity contribution >= 4 is 0 Å². The van der Waals surface area contributed by atoms with Gasteiger partial charge in [0.05, 0.1) is 24.6 Å². The van der Waals surface area contributed by atoms with Crippen molar-refractivity contribution in [2.45, 2.75) is 32.9 Å². The van der Waals surface area contributed by atoms with Crippen molar-refractivity contribution in [2.75, 3.05) is 19.6 Å². The zero-order valence-corrected chi connectivity index (χ0v) is 12.9. The Balaban J connectivity index is 1.47. The second-order valence-corrected chi connectivity index (χ2v) is 5.91. The summed E-state index contributed by atoms with van der Waals surface area (Å²) in [5, 5.41) is 12.6. The molecule has 0 radical (unpaired) electrons. The summed E-state index contributed by atoms with van der Waals surface area (Å²) in [5.74, 6) is 0.533. The highest BCUT2D eigenvalue weighted by atomic mass is 16.1. The van der Waals surface area contributed by atoms with Crippen molar-refractivity contribution in [3.63, 3.8) is 0 Å². The minimum absolute atomic E-state index is 0.00205. The van der Waals surface area contributed by atoms with Gasteiger partial charge in [-0.05, 0) is 44.8 Å². The van der Waals surface area contributed by atoms with Gasteiger partial charge in [0.2, 0.25) is 0 Å². The molecule has 0 aliphatic carbocycles. The summed E-state index contributed by atoms with van der Waals surface area (Å²) in [7, 11) is 0. The van der Waals surface area contributed by atoms with Gasteiger partial charge in [-0.1, -0.05) is 0 Å². The Morgan fingerprint density at radius 1 is 1.14 bits per heavy atom. The van der Waals surface area contributed by atoms with Crippen LogP contribution in [0.2, 0.25) is 0 Å². The molecular formula is C15H22N6O. The van der Waals surface area contributed by atoms with Crippen LogP contribution in [0, 0.1) is 12.8 Å². The third kappa shape index (κ3) is 3.79. The van der Waals surface area contributed by atoms with Gasteiger partial charge in [-0.25, -0.2) is 4.68 Å². The van der Waals surface area contributed by atoms with Crippen LogP contribution in [0.4, 0.5) is 0 Å². The highest BCUT2D eigenvalue weighted by Crippen LogP contribution is 2.18. The average Bonchev–Trinajstić information content (AvgIpc) is 3.04. The van der Waals surface area contributed by atoms with Gasteiger partial charge >= 0.3 is 0 Å². The number of nitrogens with zero attached hydrogens (tertiary/aromatic N) is 6. The molecule has 0 aromatic carbocycles. The maximum absolute atomic E-state index is 11.8. The lowest BCUT2D eigenvalue weighted by molar-refractivity contribution is 0.161. The molecule has 1 aliphatic heterocycles. The first kappa shape index (κ1) is 14.9. The number of aryl methyl sites for hydroxylation is 1. The molecule has 1 saturated heterocycles. The predicted octanol–water partition coefficient (Wildman–Crippen LogP) is 0.555. The monoisotopic (exact) mass is 302 g/mol. The largest absolute Gasteiger partial charge is 0.301 e. The zero-order chi connectivity index (χ0) is 15.4. The lowest BCUT2D eigenvalue weighted by Crippen LogP contribution is -2.38. The van der Waals surface area contributed by atoms with E-state index in [0.717, 1.165) is 51.3 Å². The topological polar surface area (TPSA) is 68.8 Å². The van der Waals surface area contributed by atoms with E-state index in [1.165, 1.54) is 0 Å². The molecule has 3 rings (SSSR count). The normalized spacial score (nSPS) is 17.0. The molecular weight excluding hydrogens is 280 g/mol. The molecule has 0 amide bonds. The van der Waals surface area contributed by atoms with Gasteiger partial charge in [0.1, 0.15) is 0 Å². The van der Waals surface area contributed by atoms with Gasteiger partial charge in [-0.2, -0.15) is 20.1 Å². The van der Waals surface area contributed by atoms with Crippen LogP contribution in [0.3, 0.4) is 0 Å². The molecule has 2 aromatic rings. The number of aromatic nitrogens is 5. The Morgan fingerprint density at radius 3 is 2.59 bits per heavy atom. The fourth-order valence-electron chi connectivity index (χ4n) is 2.91. The van der Waals surface area contributed by atoms with E-state index in [4.69, 9.17) is 0 Å². The second-order valence-electron chi connectivity index (χ2n) is 5.91. The van der Waals surface area contributed by atoms with E-state index in [1.54, 1.807) is 34.0 Å². The third-order valence-corrected chi connectivity index (χ3v) is 4.22. The van der Waals surface area contributed by atoms with Crippen LogP contribution in [0.5, 0.6) is 0 Å². The first-order valence-electron chi connectivity index (χ1n) is 7.82. The fraction of sp³-hybridized carbons (Fsp3) is 0.600. The van der Waals surface area contributed by atoms with Crippen LogP contribution in [0.1, 0.15) is 18.5 Å². The summed E-state index contributed by atoms with van der Waals surface area (Å²) in [6, 6.07) is 3.37. The van der Waals surface area contributed by atoms with Crippen LogP contribution < -0.4 is 5.56 Å². The summed E-state index contributed by atoms with van der Waals surface area (Å²) in [4.78, 5) is 16.0. The third-order valence-electron chi connectivity index (χ3n) is 4.22. The van der Waals surface area contributed by atoms with Gasteiger partial charge < -0.3 is 4.90 Å². The zero-order valence-electron chi connectivity index (χ0n) is 12.9. The van der Waals surface area contributed by atoms with Gasteiger partial charge in [-0.15, -0.1) is 0 Å². The maximum atomic E-state index is 11.8. The minimum atomic E-state index is -0.00205. The molecule has 1 fully saturated rings. The van der Waals surface area contributed by atoms with E-state index >= 15 is 0 Å². The summed E-state index contributed by atoms with van der Waals surface area (Å²) >= 11 is 0. The van der Waals surface area contributed by atoms with Gasteiger partial charge in [0, 0.05) is 19.2 Å². The second kappa shape index (κ2) is 6.83. The number of piperidine rings is 1. The van der Waals surface area contributed by atoms with Crippen LogP contribution >= 0.6 is 0 Å². The Labute approximate surface area is 129 Å². The molecule has 7 nitrogen and oxygen atoms in total. The molecule has 0 N–H and O–H groups in total. The first-order chi connectivity index (χ1) is 10.7. The van der Waals surface area contributed by atoms with E-state index in [2.05, 4.69) is 20.2 Å². The summed E-state index contributed by atoms with van der Waals surface area (Å²) in [6.45, 7) is 6.58.